The van der Waals surface area contributed by atoms with Gasteiger partial charge in [-0.05, 0) is 68.8 Å². The molecule has 0 spiro atoms. The number of anilines is 2. The van der Waals surface area contributed by atoms with E-state index in [0.29, 0.717) is 29.8 Å². The predicted octanol–water partition coefficient (Wildman–Crippen LogP) is 5.08. The molecule has 6 rings (SSSR count). The number of rotatable bonds is 8. The maximum atomic E-state index is 13.8. The number of piperazine rings is 1. The standard InChI is InChI=1S/C32H35FN8O/c1-22(23-7-5-4-6-8-23)35-31-34-16-15-28(37-31)41-26-13-14-27(40-19-17-39(18-20-40)21-32(2,3)42)36-29(26)38-30(41)24-9-11-25(33)12-10-24/h4-16,22,42H,17-21H2,1-3H3,(H,34,35,37)/t22-/m0/s1. The van der Waals surface area contributed by atoms with E-state index in [-0.39, 0.29) is 11.9 Å². The van der Waals surface area contributed by atoms with Crippen molar-refractivity contribution in [3.63, 3.8) is 0 Å². The number of nitrogens with one attached hydrogen (secondary N) is 1. The van der Waals surface area contributed by atoms with E-state index in [9.17, 15) is 9.50 Å². The maximum absolute atomic E-state index is 13.8. The number of aromatic nitrogens is 5. The molecular weight excluding hydrogens is 531 g/mol. The van der Waals surface area contributed by atoms with E-state index in [1.54, 1.807) is 18.3 Å². The van der Waals surface area contributed by atoms with Crippen LogP contribution in [0.1, 0.15) is 32.4 Å². The average Bonchev–Trinajstić information content (AvgIpc) is 3.36. The Balaban J connectivity index is 1.34. The topological polar surface area (TPSA) is 95.2 Å². The number of β-amino-alcohol motifs (C(OH)–C–C–N with tert-alkyl or cyclic N) is 1. The normalized spacial score (nSPS) is 15.2. The third-order valence-electron chi connectivity index (χ3n) is 7.43. The Kier molecular flexibility index (Phi) is 7.57. The van der Waals surface area contributed by atoms with E-state index >= 15 is 0 Å². The molecule has 9 nitrogen and oxygen atoms in total. The lowest BCUT2D eigenvalue weighted by atomic mass is 10.1. The minimum Gasteiger partial charge on any atom is -0.389 e. The first kappa shape index (κ1) is 27.7. The van der Waals surface area contributed by atoms with E-state index in [1.807, 2.05) is 54.8 Å². The van der Waals surface area contributed by atoms with Crippen molar-refractivity contribution in [3.8, 4) is 17.2 Å². The number of imidazole rings is 1. The first-order chi connectivity index (χ1) is 20.2. The molecule has 1 saturated heterocycles. The van der Waals surface area contributed by atoms with Crippen LogP contribution in [0.25, 0.3) is 28.4 Å². The molecule has 0 saturated carbocycles. The Morgan fingerprint density at radius 2 is 1.62 bits per heavy atom. The molecule has 2 N–H and O–H groups in total. The summed E-state index contributed by atoms with van der Waals surface area (Å²) in [5.74, 6) is 2.27. The SMILES string of the molecule is C[C@H](Nc1nccc(-n2c(-c3ccc(F)cc3)nc3nc(N4CCN(CC(C)(C)O)CC4)ccc32)n1)c1ccccc1. The van der Waals surface area contributed by atoms with Gasteiger partial charge in [-0.1, -0.05) is 30.3 Å². The van der Waals surface area contributed by atoms with Crippen LogP contribution in [-0.2, 0) is 0 Å². The summed E-state index contributed by atoms with van der Waals surface area (Å²) in [5.41, 5.74) is 2.53. The zero-order chi connectivity index (χ0) is 29.3. The number of hydrogen-bond acceptors (Lipinski definition) is 8. The Hall–Kier alpha value is -4.41. The first-order valence-electron chi connectivity index (χ1n) is 14.2. The molecule has 5 aromatic rings. The summed E-state index contributed by atoms with van der Waals surface area (Å²) < 4.78 is 15.8. The molecule has 0 radical (unpaired) electrons. The summed E-state index contributed by atoms with van der Waals surface area (Å²) in [7, 11) is 0. The highest BCUT2D eigenvalue weighted by atomic mass is 19.1. The van der Waals surface area contributed by atoms with Crippen LogP contribution in [0, 0.1) is 5.82 Å². The minimum absolute atomic E-state index is 0.00527. The maximum Gasteiger partial charge on any atom is 0.225 e. The van der Waals surface area contributed by atoms with Crippen molar-refractivity contribution in [3.05, 3.63) is 90.4 Å². The van der Waals surface area contributed by atoms with Gasteiger partial charge in [0, 0.05) is 44.5 Å². The van der Waals surface area contributed by atoms with Crippen LogP contribution in [0.4, 0.5) is 16.2 Å². The fourth-order valence-electron chi connectivity index (χ4n) is 5.40. The second-order valence-corrected chi connectivity index (χ2v) is 11.4. The molecule has 1 fully saturated rings. The molecular formula is C32H35FN8O. The Bertz CT molecular complexity index is 1660. The molecule has 0 unspecified atom stereocenters. The number of halogens is 1. The van der Waals surface area contributed by atoms with E-state index in [1.165, 1.54) is 12.1 Å². The number of aliphatic hydroxyl groups is 1. The van der Waals surface area contributed by atoms with Gasteiger partial charge in [0.25, 0.3) is 0 Å². The molecule has 2 aromatic carbocycles. The van der Waals surface area contributed by atoms with Gasteiger partial charge >= 0.3 is 0 Å². The monoisotopic (exact) mass is 566 g/mol. The van der Waals surface area contributed by atoms with Crippen molar-refractivity contribution >= 4 is 22.9 Å². The number of fused-ring (bicyclic) bond motifs is 1. The van der Waals surface area contributed by atoms with Gasteiger partial charge in [-0.2, -0.15) is 4.98 Å². The number of hydrogen-bond donors (Lipinski definition) is 2. The molecule has 216 valence electrons. The first-order valence-corrected chi connectivity index (χ1v) is 14.2. The molecule has 4 heterocycles. The highest BCUT2D eigenvalue weighted by molar-refractivity contribution is 5.81. The Labute approximate surface area is 244 Å². The molecule has 0 bridgehead atoms. The third kappa shape index (κ3) is 6.09. The fraction of sp³-hybridized carbons (Fsp3) is 0.312. The third-order valence-corrected chi connectivity index (χ3v) is 7.43. The highest BCUT2D eigenvalue weighted by Crippen LogP contribution is 2.30. The molecule has 1 aliphatic rings. The van der Waals surface area contributed by atoms with Crippen LogP contribution in [0.15, 0.2) is 79.0 Å². The van der Waals surface area contributed by atoms with Gasteiger partial charge in [0.05, 0.1) is 17.2 Å². The molecule has 1 atom stereocenters. The highest BCUT2D eigenvalue weighted by Gasteiger charge is 2.24. The lowest BCUT2D eigenvalue weighted by Crippen LogP contribution is -2.50. The van der Waals surface area contributed by atoms with Gasteiger partial charge in [-0.25, -0.2) is 19.3 Å². The number of nitrogens with zero attached hydrogens (tertiary/aromatic N) is 7. The van der Waals surface area contributed by atoms with Gasteiger partial charge < -0.3 is 15.3 Å². The largest absolute Gasteiger partial charge is 0.389 e. The van der Waals surface area contributed by atoms with Crippen molar-refractivity contribution in [2.45, 2.75) is 32.4 Å². The Morgan fingerprint density at radius 1 is 0.881 bits per heavy atom. The molecule has 3 aromatic heterocycles. The predicted molar refractivity (Wildman–Crippen MR) is 163 cm³/mol. The Morgan fingerprint density at radius 3 is 2.33 bits per heavy atom. The van der Waals surface area contributed by atoms with Crippen LogP contribution in [-0.4, -0.2) is 72.8 Å². The summed E-state index contributed by atoms with van der Waals surface area (Å²) in [6.07, 6.45) is 1.72. The van der Waals surface area contributed by atoms with Gasteiger partial charge in [-0.3, -0.25) is 9.47 Å². The number of benzene rings is 2. The summed E-state index contributed by atoms with van der Waals surface area (Å²) in [6, 6.07) is 22.3. The van der Waals surface area contributed by atoms with Gasteiger partial charge in [-0.15, -0.1) is 0 Å². The molecule has 42 heavy (non-hydrogen) atoms. The van der Waals surface area contributed by atoms with Crippen molar-refractivity contribution in [2.75, 3.05) is 42.9 Å². The molecule has 0 amide bonds. The second kappa shape index (κ2) is 11.5. The summed E-state index contributed by atoms with van der Waals surface area (Å²) in [6.45, 7) is 9.68. The fourth-order valence-corrected chi connectivity index (χ4v) is 5.40. The van der Waals surface area contributed by atoms with E-state index in [4.69, 9.17) is 15.0 Å². The molecule has 0 aliphatic carbocycles. The molecule has 10 heteroatoms. The zero-order valence-electron chi connectivity index (χ0n) is 24.1. The van der Waals surface area contributed by atoms with Gasteiger partial charge in [0.1, 0.15) is 23.3 Å². The van der Waals surface area contributed by atoms with Crippen LogP contribution in [0.2, 0.25) is 0 Å². The van der Waals surface area contributed by atoms with Crippen LogP contribution in [0.3, 0.4) is 0 Å². The lowest BCUT2D eigenvalue weighted by Gasteiger charge is -2.37. The summed E-state index contributed by atoms with van der Waals surface area (Å²) >= 11 is 0. The van der Waals surface area contributed by atoms with E-state index < -0.39 is 5.60 Å². The minimum atomic E-state index is -0.723. The van der Waals surface area contributed by atoms with Crippen molar-refractivity contribution in [1.82, 2.24) is 29.4 Å². The summed E-state index contributed by atoms with van der Waals surface area (Å²) in [5, 5.41) is 13.6. The van der Waals surface area contributed by atoms with Gasteiger partial charge in [0.15, 0.2) is 5.65 Å². The van der Waals surface area contributed by atoms with Crippen LogP contribution >= 0.6 is 0 Å². The smallest absolute Gasteiger partial charge is 0.225 e. The average molecular weight is 567 g/mol. The second-order valence-electron chi connectivity index (χ2n) is 11.4. The van der Waals surface area contributed by atoms with Crippen molar-refractivity contribution in [2.24, 2.45) is 0 Å². The quantitative estimate of drug-likeness (QED) is 0.269. The van der Waals surface area contributed by atoms with Crippen LogP contribution < -0.4 is 10.2 Å². The van der Waals surface area contributed by atoms with Crippen LogP contribution in [0.5, 0.6) is 0 Å². The van der Waals surface area contributed by atoms with Crippen molar-refractivity contribution < 1.29 is 9.50 Å². The van der Waals surface area contributed by atoms with E-state index in [0.717, 1.165) is 48.6 Å². The molecule has 1 aliphatic heterocycles. The zero-order valence-corrected chi connectivity index (χ0v) is 24.1. The van der Waals surface area contributed by atoms with Crippen molar-refractivity contribution in [1.29, 1.82) is 0 Å². The summed E-state index contributed by atoms with van der Waals surface area (Å²) in [4.78, 5) is 23.7. The van der Waals surface area contributed by atoms with E-state index in [2.05, 4.69) is 39.2 Å². The number of pyridine rings is 1. The van der Waals surface area contributed by atoms with Gasteiger partial charge in [0.2, 0.25) is 5.95 Å². The lowest BCUT2D eigenvalue weighted by molar-refractivity contribution is 0.0344.